The van der Waals surface area contributed by atoms with Crippen LogP contribution >= 0.6 is 0 Å². The third-order valence-corrected chi connectivity index (χ3v) is 3.26. The molecule has 0 bridgehead atoms. The molecule has 19 heavy (non-hydrogen) atoms. The molecule has 3 nitrogen and oxygen atoms in total. The van der Waals surface area contributed by atoms with Crippen molar-refractivity contribution in [2.45, 2.75) is 39.2 Å². The Labute approximate surface area is 116 Å². The molecule has 0 aliphatic rings. The molecule has 0 heterocycles. The molecule has 1 atom stereocenters. The van der Waals surface area contributed by atoms with Crippen LogP contribution in [0.5, 0.6) is 0 Å². The average Bonchev–Trinajstić information content (AvgIpc) is 2.29. The maximum absolute atomic E-state index is 10.7. The van der Waals surface area contributed by atoms with Gasteiger partial charge in [-0.2, -0.15) is 0 Å². The molecule has 0 radical (unpaired) electrons. The minimum absolute atomic E-state index is 0.171. The highest BCUT2D eigenvalue weighted by atomic mass is 16.4. The molecule has 1 rings (SSSR count). The highest BCUT2D eigenvalue weighted by Crippen LogP contribution is 2.24. The van der Waals surface area contributed by atoms with Crippen molar-refractivity contribution < 1.29 is 9.90 Å². The number of rotatable bonds is 7. The van der Waals surface area contributed by atoms with Crippen LogP contribution < -0.4 is 0 Å². The second-order valence-electron chi connectivity index (χ2n) is 5.75. The number of nitrogens with zero attached hydrogens (tertiary/aromatic N) is 1. The lowest BCUT2D eigenvalue weighted by molar-refractivity contribution is -0.137. The van der Waals surface area contributed by atoms with Crippen LogP contribution in [0.3, 0.4) is 0 Å². The van der Waals surface area contributed by atoms with Gasteiger partial charge in [0.05, 0.1) is 0 Å². The van der Waals surface area contributed by atoms with Gasteiger partial charge in [0.15, 0.2) is 0 Å². The molecular weight excluding hydrogens is 238 g/mol. The first-order chi connectivity index (χ1) is 8.90. The molecule has 0 fully saturated rings. The monoisotopic (exact) mass is 263 g/mol. The molecule has 106 valence electrons. The van der Waals surface area contributed by atoms with Gasteiger partial charge in [0, 0.05) is 12.5 Å². The summed E-state index contributed by atoms with van der Waals surface area (Å²) in [6.07, 6.45) is 1.94. The zero-order valence-corrected chi connectivity index (χ0v) is 12.4. The molecule has 0 spiro atoms. The van der Waals surface area contributed by atoms with Gasteiger partial charge < -0.3 is 10.0 Å². The van der Waals surface area contributed by atoms with Crippen LogP contribution in [-0.2, 0) is 11.2 Å². The van der Waals surface area contributed by atoms with Gasteiger partial charge in [-0.3, -0.25) is 4.79 Å². The number of hydrogen-bond donors (Lipinski definition) is 1. The van der Waals surface area contributed by atoms with Crippen molar-refractivity contribution in [3.8, 4) is 0 Å². The summed E-state index contributed by atoms with van der Waals surface area (Å²) in [7, 11) is 3.99. The van der Waals surface area contributed by atoms with Crippen LogP contribution in [0.1, 0.15) is 43.9 Å². The Hall–Kier alpha value is -1.35. The smallest absolute Gasteiger partial charge is 0.303 e. The highest BCUT2D eigenvalue weighted by Gasteiger charge is 2.15. The summed E-state index contributed by atoms with van der Waals surface area (Å²) < 4.78 is 0. The van der Waals surface area contributed by atoms with Crippen molar-refractivity contribution in [2.24, 2.45) is 5.92 Å². The van der Waals surface area contributed by atoms with E-state index in [9.17, 15) is 4.79 Å². The van der Waals surface area contributed by atoms with Crippen molar-refractivity contribution in [3.05, 3.63) is 35.4 Å². The SMILES string of the molecule is CC(C)Cc1ccc(C(CCC(=O)O)N(C)C)cc1. The van der Waals surface area contributed by atoms with Gasteiger partial charge in [0.1, 0.15) is 0 Å². The molecular formula is C16H25NO2. The number of carboxylic acids is 1. The van der Waals surface area contributed by atoms with E-state index in [0.717, 1.165) is 6.42 Å². The van der Waals surface area contributed by atoms with E-state index in [4.69, 9.17) is 5.11 Å². The molecule has 0 aromatic heterocycles. The minimum atomic E-state index is -0.733. The summed E-state index contributed by atoms with van der Waals surface area (Å²) in [5.41, 5.74) is 2.54. The maximum atomic E-state index is 10.7. The second-order valence-corrected chi connectivity index (χ2v) is 5.75. The molecule has 0 saturated heterocycles. The predicted molar refractivity (Wildman–Crippen MR) is 78.3 cm³/mol. The van der Waals surface area contributed by atoms with Crippen molar-refractivity contribution in [3.63, 3.8) is 0 Å². The van der Waals surface area contributed by atoms with Gasteiger partial charge in [-0.25, -0.2) is 0 Å². The van der Waals surface area contributed by atoms with E-state index in [2.05, 4.69) is 43.0 Å². The molecule has 1 aromatic carbocycles. The lowest BCUT2D eigenvalue weighted by atomic mass is 9.97. The molecule has 0 aliphatic heterocycles. The fraction of sp³-hybridized carbons (Fsp3) is 0.562. The van der Waals surface area contributed by atoms with E-state index < -0.39 is 5.97 Å². The van der Waals surface area contributed by atoms with Crippen LogP contribution in [0.2, 0.25) is 0 Å². The average molecular weight is 263 g/mol. The first kappa shape index (κ1) is 15.7. The van der Waals surface area contributed by atoms with Gasteiger partial charge >= 0.3 is 5.97 Å². The van der Waals surface area contributed by atoms with Gasteiger partial charge in [-0.05, 0) is 44.0 Å². The fourth-order valence-corrected chi connectivity index (χ4v) is 2.33. The summed E-state index contributed by atoms with van der Waals surface area (Å²) in [6.45, 7) is 4.42. The summed E-state index contributed by atoms with van der Waals surface area (Å²) >= 11 is 0. The van der Waals surface area contributed by atoms with Crippen LogP contribution in [-0.4, -0.2) is 30.1 Å². The first-order valence-electron chi connectivity index (χ1n) is 6.87. The fourth-order valence-electron chi connectivity index (χ4n) is 2.33. The van der Waals surface area contributed by atoms with E-state index in [-0.39, 0.29) is 12.5 Å². The molecule has 3 heteroatoms. The van der Waals surface area contributed by atoms with E-state index in [1.54, 1.807) is 0 Å². The topological polar surface area (TPSA) is 40.5 Å². The van der Waals surface area contributed by atoms with Gasteiger partial charge in [-0.15, -0.1) is 0 Å². The van der Waals surface area contributed by atoms with Crippen molar-refractivity contribution >= 4 is 5.97 Å². The Balaban J connectivity index is 2.76. The lowest BCUT2D eigenvalue weighted by Crippen LogP contribution is -2.20. The van der Waals surface area contributed by atoms with Crippen LogP contribution in [0.25, 0.3) is 0 Å². The normalized spacial score (nSPS) is 12.9. The third kappa shape index (κ3) is 5.43. The molecule has 1 N–H and O–H groups in total. The molecule has 0 saturated carbocycles. The van der Waals surface area contributed by atoms with Gasteiger partial charge in [-0.1, -0.05) is 38.1 Å². The first-order valence-corrected chi connectivity index (χ1v) is 6.87. The molecule has 0 aliphatic carbocycles. The number of carbonyl (C=O) groups is 1. The standard InChI is InChI=1S/C16H25NO2/c1-12(2)11-13-5-7-14(8-6-13)15(17(3)4)9-10-16(18)19/h5-8,12,15H,9-11H2,1-4H3,(H,18,19). The zero-order chi connectivity index (χ0) is 14.4. The summed E-state index contributed by atoms with van der Waals surface area (Å²) in [5, 5.41) is 8.82. The van der Waals surface area contributed by atoms with E-state index in [1.807, 2.05) is 14.1 Å². The van der Waals surface area contributed by atoms with E-state index in [1.165, 1.54) is 11.1 Å². The summed E-state index contributed by atoms with van der Waals surface area (Å²) in [6, 6.07) is 8.75. The quantitative estimate of drug-likeness (QED) is 0.820. The zero-order valence-electron chi connectivity index (χ0n) is 12.4. The van der Waals surface area contributed by atoms with E-state index >= 15 is 0 Å². The predicted octanol–water partition coefficient (Wildman–Crippen LogP) is 3.35. The minimum Gasteiger partial charge on any atom is -0.481 e. The van der Waals surface area contributed by atoms with Crippen LogP contribution in [0.15, 0.2) is 24.3 Å². The van der Waals surface area contributed by atoms with Crippen LogP contribution in [0, 0.1) is 5.92 Å². The lowest BCUT2D eigenvalue weighted by Gasteiger charge is -2.24. The Morgan fingerprint density at radius 3 is 2.21 bits per heavy atom. The Kier molecular flexibility index (Phi) is 6.03. The summed E-state index contributed by atoms with van der Waals surface area (Å²) in [4.78, 5) is 12.8. The Morgan fingerprint density at radius 2 is 1.79 bits per heavy atom. The molecule has 1 aromatic rings. The number of carboxylic acid groups (broad SMARTS) is 1. The molecule has 1 unspecified atom stereocenters. The molecule has 0 amide bonds. The van der Waals surface area contributed by atoms with Crippen molar-refractivity contribution in [2.75, 3.05) is 14.1 Å². The third-order valence-electron chi connectivity index (χ3n) is 3.26. The number of benzene rings is 1. The summed E-state index contributed by atoms with van der Waals surface area (Å²) in [5.74, 6) is -0.0780. The van der Waals surface area contributed by atoms with Gasteiger partial charge in [0.2, 0.25) is 0 Å². The Bertz CT molecular complexity index is 396. The second kappa shape index (κ2) is 7.29. The highest BCUT2D eigenvalue weighted by molar-refractivity contribution is 5.66. The maximum Gasteiger partial charge on any atom is 0.303 e. The number of aliphatic carboxylic acids is 1. The van der Waals surface area contributed by atoms with Gasteiger partial charge in [0.25, 0.3) is 0 Å². The Morgan fingerprint density at radius 1 is 1.21 bits per heavy atom. The van der Waals surface area contributed by atoms with Crippen molar-refractivity contribution in [1.29, 1.82) is 0 Å². The van der Waals surface area contributed by atoms with Crippen molar-refractivity contribution in [1.82, 2.24) is 4.90 Å². The van der Waals surface area contributed by atoms with Crippen LogP contribution in [0.4, 0.5) is 0 Å². The largest absolute Gasteiger partial charge is 0.481 e. The number of hydrogen-bond acceptors (Lipinski definition) is 2. The van der Waals surface area contributed by atoms with E-state index in [0.29, 0.717) is 12.3 Å².